The van der Waals surface area contributed by atoms with Crippen LogP contribution in [0, 0.1) is 5.82 Å². The maximum absolute atomic E-state index is 12.8. The number of anilines is 1. The van der Waals surface area contributed by atoms with Crippen LogP contribution in [0.15, 0.2) is 18.2 Å². The number of benzene rings is 1. The van der Waals surface area contributed by atoms with Crippen molar-refractivity contribution >= 4 is 24.4 Å². The maximum Gasteiger partial charge on any atom is 1.00 e. The van der Waals surface area contributed by atoms with E-state index in [1.165, 1.54) is 0 Å². The van der Waals surface area contributed by atoms with Gasteiger partial charge < -0.3 is 17.8 Å². The van der Waals surface area contributed by atoms with E-state index in [2.05, 4.69) is 0 Å². The summed E-state index contributed by atoms with van der Waals surface area (Å²) in [5.41, 5.74) is -0.518. The van der Waals surface area contributed by atoms with E-state index in [9.17, 15) is 26.9 Å². The molecule has 9 heteroatoms. The molecule has 90 valence electrons. The molecule has 0 atom stereocenters. The van der Waals surface area contributed by atoms with Crippen LogP contribution in [0.2, 0.25) is 0 Å². The largest absolute Gasteiger partial charge is 1.00 e. The minimum atomic E-state index is -5.25. The molecule has 1 aliphatic rings. The fraction of sp³-hybridized carbons (Fsp3) is 0.111. The van der Waals surface area contributed by atoms with Crippen molar-refractivity contribution in [3.63, 3.8) is 0 Å². The summed E-state index contributed by atoms with van der Waals surface area (Å²) in [6, 6.07) is 2.66. The average molecular weight is 285 g/mol. The van der Waals surface area contributed by atoms with Crippen LogP contribution < -0.4 is 56.3 Å². The Kier molecular flexibility index (Phi) is 4.76. The number of Topliss-reactive ketones (excluding diaryl/α,β-unsaturated/α-hetero) is 1. The Balaban J connectivity index is 0.00000162. The Morgan fingerprint density at radius 3 is 2.33 bits per heavy atom. The van der Waals surface area contributed by atoms with Crippen LogP contribution in [-0.4, -0.2) is 25.1 Å². The third-order valence-corrected chi connectivity index (χ3v) is 2.32. The molecule has 0 unspecified atom stereocenters. The molecule has 0 saturated heterocycles. The van der Waals surface area contributed by atoms with Crippen LogP contribution >= 0.6 is 0 Å². The van der Waals surface area contributed by atoms with Crippen LogP contribution in [0.1, 0.15) is 10.4 Å². The first-order chi connectivity index (χ1) is 7.79. The van der Waals surface area contributed by atoms with Crippen molar-refractivity contribution in [1.82, 2.24) is 0 Å². The van der Waals surface area contributed by atoms with E-state index < -0.39 is 30.9 Å². The summed E-state index contributed by atoms with van der Waals surface area (Å²) in [4.78, 5) is 23.0. The van der Waals surface area contributed by atoms with E-state index in [4.69, 9.17) is 0 Å². The van der Waals surface area contributed by atoms with Gasteiger partial charge in [-0.3, -0.25) is 9.59 Å². The molecule has 0 N–H and O–H groups in total. The van der Waals surface area contributed by atoms with Crippen LogP contribution in [0.25, 0.3) is 0 Å². The number of carbonyl (C=O) groups excluding carboxylic acids is 2. The van der Waals surface area contributed by atoms with E-state index in [1.807, 2.05) is 0 Å². The van der Waals surface area contributed by atoms with E-state index >= 15 is 0 Å². The molecule has 3 nitrogen and oxygen atoms in total. The second-order valence-corrected chi connectivity index (χ2v) is 3.62. The summed E-state index contributed by atoms with van der Waals surface area (Å²) in [7, 11) is 0. The third kappa shape index (κ3) is 3.02. The zero-order valence-electron chi connectivity index (χ0n) is 9.29. The fourth-order valence-electron chi connectivity index (χ4n) is 1.66. The molecular formula is C9H5BF4KNO2. The molecule has 0 spiro atoms. The van der Waals surface area contributed by atoms with Gasteiger partial charge in [-0.2, -0.15) is 0 Å². The average Bonchev–Trinajstić information content (AvgIpc) is 2.42. The van der Waals surface area contributed by atoms with E-state index in [-0.39, 0.29) is 62.6 Å². The number of nitrogens with zero attached hydrogens (tertiary/aromatic N) is 1. The number of halogens is 4. The Morgan fingerprint density at radius 2 is 1.78 bits per heavy atom. The standard InChI is InChI=1S/C9H5BF4NO2.K/c11-5-1-2-7-6(3-5)8(16)9(17)15(7)4-10(12,13)14;/h1-3H,4H2;/q-1;+1. The number of fused-ring (bicyclic) bond motifs is 1. The Morgan fingerprint density at radius 1 is 1.17 bits per heavy atom. The van der Waals surface area contributed by atoms with Gasteiger partial charge in [0.2, 0.25) is 0 Å². The van der Waals surface area contributed by atoms with E-state index in [0.29, 0.717) is 4.90 Å². The molecular weight excluding hydrogens is 280 g/mol. The number of hydrogen-bond donors (Lipinski definition) is 0. The van der Waals surface area contributed by atoms with Gasteiger partial charge in [-0.1, -0.05) is 0 Å². The fourth-order valence-corrected chi connectivity index (χ4v) is 1.66. The summed E-state index contributed by atoms with van der Waals surface area (Å²) >= 11 is 0. The zero-order chi connectivity index (χ0) is 12.8. The van der Waals surface area contributed by atoms with Gasteiger partial charge in [0.1, 0.15) is 5.82 Å². The van der Waals surface area contributed by atoms with Crippen molar-refractivity contribution < 1.29 is 78.3 Å². The van der Waals surface area contributed by atoms with Gasteiger partial charge >= 0.3 is 58.4 Å². The van der Waals surface area contributed by atoms with Crippen molar-refractivity contribution in [1.29, 1.82) is 0 Å². The summed E-state index contributed by atoms with van der Waals surface area (Å²) in [5.74, 6) is -3.16. The normalized spacial score (nSPS) is 14.6. The first-order valence-corrected chi connectivity index (χ1v) is 4.66. The van der Waals surface area contributed by atoms with Gasteiger partial charge in [-0.15, -0.1) is 0 Å². The van der Waals surface area contributed by atoms with Gasteiger partial charge in [-0.25, -0.2) is 4.39 Å². The molecule has 1 amide bonds. The Labute approximate surface area is 142 Å². The predicted molar refractivity (Wildman–Crippen MR) is 52.2 cm³/mol. The summed E-state index contributed by atoms with van der Waals surface area (Å²) in [6.45, 7) is -5.25. The minimum Gasteiger partial charge on any atom is -0.448 e. The first kappa shape index (κ1) is 15.8. The summed E-state index contributed by atoms with van der Waals surface area (Å²) in [6.07, 6.45) is -1.50. The van der Waals surface area contributed by atoms with Crippen LogP contribution in [0.3, 0.4) is 0 Å². The van der Waals surface area contributed by atoms with Crippen molar-refractivity contribution in [2.24, 2.45) is 0 Å². The number of rotatable bonds is 2. The maximum atomic E-state index is 12.8. The van der Waals surface area contributed by atoms with Gasteiger partial charge in [0.05, 0.1) is 11.3 Å². The SMILES string of the molecule is O=C1C(=O)N(C[B-](F)(F)F)c2ccc(F)cc21.[K+]. The predicted octanol–water partition coefficient (Wildman–Crippen LogP) is -1.25. The summed E-state index contributed by atoms with van der Waals surface area (Å²) in [5, 5.41) is 0. The molecule has 0 radical (unpaired) electrons. The van der Waals surface area contributed by atoms with E-state index in [0.717, 1.165) is 18.2 Å². The number of carbonyl (C=O) groups is 2. The number of amides is 1. The van der Waals surface area contributed by atoms with Crippen molar-refractivity contribution in [3.8, 4) is 0 Å². The zero-order valence-corrected chi connectivity index (χ0v) is 12.4. The first-order valence-electron chi connectivity index (χ1n) is 4.66. The second kappa shape index (κ2) is 5.42. The quantitative estimate of drug-likeness (QED) is 0.387. The van der Waals surface area contributed by atoms with Crippen molar-refractivity contribution in [3.05, 3.63) is 29.6 Å². The molecule has 18 heavy (non-hydrogen) atoms. The second-order valence-electron chi connectivity index (χ2n) is 3.62. The summed E-state index contributed by atoms with van der Waals surface area (Å²) < 4.78 is 49.6. The number of hydrogen-bond acceptors (Lipinski definition) is 2. The van der Waals surface area contributed by atoms with Gasteiger partial charge in [0, 0.05) is 0 Å². The molecule has 0 aliphatic carbocycles. The molecule has 1 aromatic rings. The Bertz CT molecular complexity index is 520. The molecule has 0 aromatic heterocycles. The van der Waals surface area contributed by atoms with Gasteiger partial charge in [0.15, 0.2) is 0 Å². The van der Waals surface area contributed by atoms with Gasteiger partial charge in [0.25, 0.3) is 11.7 Å². The molecule has 1 aliphatic heterocycles. The molecule has 2 rings (SSSR count). The smallest absolute Gasteiger partial charge is 0.448 e. The van der Waals surface area contributed by atoms with Crippen LogP contribution in [0.4, 0.5) is 23.0 Å². The van der Waals surface area contributed by atoms with Crippen LogP contribution in [0.5, 0.6) is 0 Å². The number of ketones is 1. The third-order valence-electron chi connectivity index (χ3n) is 2.32. The van der Waals surface area contributed by atoms with Crippen molar-refractivity contribution in [2.75, 3.05) is 11.3 Å². The molecule has 1 heterocycles. The van der Waals surface area contributed by atoms with E-state index in [1.54, 1.807) is 0 Å². The molecule has 0 fully saturated rings. The molecule has 1 aromatic carbocycles. The topological polar surface area (TPSA) is 37.4 Å². The monoisotopic (exact) mass is 285 g/mol. The van der Waals surface area contributed by atoms with Crippen molar-refractivity contribution in [2.45, 2.75) is 0 Å². The minimum absolute atomic E-state index is 0. The molecule has 0 bridgehead atoms. The van der Waals surface area contributed by atoms with Crippen LogP contribution in [-0.2, 0) is 4.79 Å². The Hall–Kier alpha value is -0.219. The van der Waals surface area contributed by atoms with Gasteiger partial charge in [-0.05, 0) is 24.6 Å². The molecule has 0 saturated carbocycles.